The van der Waals surface area contributed by atoms with E-state index in [9.17, 15) is 17.6 Å². The maximum Gasteiger partial charge on any atom is 0.420 e. The lowest BCUT2D eigenvalue weighted by Crippen LogP contribution is -2.07. The summed E-state index contributed by atoms with van der Waals surface area (Å²) in [4.78, 5) is 0. The Bertz CT molecular complexity index is 334. The summed E-state index contributed by atoms with van der Waals surface area (Å²) < 4.78 is 48.6. The van der Waals surface area contributed by atoms with Crippen LogP contribution in [0, 0.1) is 5.82 Å². The van der Waals surface area contributed by atoms with Crippen LogP contribution in [0.25, 0.3) is 0 Å². The Hall–Kier alpha value is -1.46. The lowest BCUT2D eigenvalue weighted by Gasteiger charge is -2.09. The molecule has 0 aliphatic rings. The lowest BCUT2D eigenvalue weighted by molar-refractivity contribution is -0.139. The van der Waals surface area contributed by atoms with E-state index in [1.54, 1.807) is 0 Å². The predicted octanol–water partition coefficient (Wildman–Crippen LogP) is 2.13. The number of hydrogen-bond donors (Lipinski definition) is 2. The number of phenolic OH excluding ortho intramolecular Hbond substituents is 1. The van der Waals surface area contributed by atoms with Gasteiger partial charge in [0.1, 0.15) is 5.56 Å². The first-order valence-corrected chi connectivity index (χ1v) is 3.18. The van der Waals surface area contributed by atoms with E-state index in [-0.39, 0.29) is 0 Å². The van der Waals surface area contributed by atoms with Gasteiger partial charge < -0.3 is 10.8 Å². The number of halogens is 4. The van der Waals surface area contributed by atoms with Crippen molar-refractivity contribution in [1.82, 2.24) is 0 Å². The van der Waals surface area contributed by atoms with Gasteiger partial charge in [0.25, 0.3) is 0 Å². The van der Waals surface area contributed by atoms with Crippen molar-refractivity contribution in [2.75, 3.05) is 5.73 Å². The SMILES string of the molecule is Nc1ccc(C(F)(F)F)c(O)c1F. The van der Waals surface area contributed by atoms with Crippen LogP contribution in [0.2, 0.25) is 0 Å². The quantitative estimate of drug-likeness (QED) is 0.492. The van der Waals surface area contributed by atoms with Crippen LogP contribution in [0.4, 0.5) is 23.2 Å². The fourth-order valence-corrected chi connectivity index (χ4v) is 0.809. The van der Waals surface area contributed by atoms with Crippen molar-refractivity contribution in [3.8, 4) is 5.75 Å². The molecule has 2 nitrogen and oxygen atoms in total. The van der Waals surface area contributed by atoms with E-state index in [0.717, 1.165) is 6.07 Å². The van der Waals surface area contributed by atoms with Crippen LogP contribution in [0.15, 0.2) is 12.1 Å². The maximum absolute atomic E-state index is 12.6. The summed E-state index contributed by atoms with van der Waals surface area (Å²) in [5.41, 5.74) is 2.98. The molecule has 1 aromatic rings. The van der Waals surface area contributed by atoms with Crippen LogP contribution in [0.5, 0.6) is 5.75 Å². The Kier molecular flexibility index (Phi) is 2.07. The van der Waals surface area contributed by atoms with Crippen molar-refractivity contribution in [2.45, 2.75) is 6.18 Å². The Labute approximate surface area is 70.6 Å². The van der Waals surface area contributed by atoms with Gasteiger partial charge in [0.15, 0.2) is 11.6 Å². The van der Waals surface area contributed by atoms with E-state index in [0.29, 0.717) is 6.07 Å². The second-order valence-corrected chi connectivity index (χ2v) is 2.36. The van der Waals surface area contributed by atoms with E-state index in [4.69, 9.17) is 10.8 Å². The molecule has 0 atom stereocenters. The summed E-state index contributed by atoms with van der Waals surface area (Å²) in [5.74, 6) is -2.91. The third kappa shape index (κ3) is 1.66. The summed E-state index contributed by atoms with van der Waals surface area (Å²) in [5, 5.41) is 8.74. The molecule has 0 aliphatic heterocycles. The number of anilines is 1. The minimum atomic E-state index is -4.78. The first-order valence-electron chi connectivity index (χ1n) is 3.18. The number of nitrogens with two attached hydrogens (primary N) is 1. The molecule has 0 aliphatic carbocycles. The van der Waals surface area contributed by atoms with Crippen molar-refractivity contribution >= 4 is 5.69 Å². The zero-order valence-corrected chi connectivity index (χ0v) is 6.19. The van der Waals surface area contributed by atoms with E-state index >= 15 is 0 Å². The van der Waals surface area contributed by atoms with E-state index < -0.39 is 29.0 Å². The van der Waals surface area contributed by atoms with Crippen molar-refractivity contribution < 1.29 is 22.7 Å². The Morgan fingerprint density at radius 2 is 1.77 bits per heavy atom. The molecular formula is C7H5F4NO. The van der Waals surface area contributed by atoms with Crippen molar-refractivity contribution in [1.29, 1.82) is 0 Å². The van der Waals surface area contributed by atoms with Gasteiger partial charge in [0.05, 0.1) is 5.69 Å². The molecule has 0 saturated carbocycles. The van der Waals surface area contributed by atoms with Crippen LogP contribution in [-0.2, 0) is 6.18 Å². The molecule has 13 heavy (non-hydrogen) atoms. The molecule has 0 spiro atoms. The van der Waals surface area contributed by atoms with Gasteiger partial charge in [-0.05, 0) is 12.1 Å². The average Bonchev–Trinajstić information content (AvgIpc) is 1.98. The van der Waals surface area contributed by atoms with E-state index in [1.165, 1.54) is 0 Å². The van der Waals surface area contributed by atoms with Gasteiger partial charge in [-0.15, -0.1) is 0 Å². The van der Waals surface area contributed by atoms with Gasteiger partial charge in [0.2, 0.25) is 0 Å². The number of benzene rings is 1. The van der Waals surface area contributed by atoms with Crippen molar-refractivity contribution in [3.63, 3.8) is 0 Å². The molecule has 1 rings (SSSR count). The molecule has 3 N–H and O–H groups in total. The zero-order chi connectivity index (χ0) is 10.2. The van der Waals surface area contributed by atoms with Crippen LogP contribution < -0.4 is 5.73 Å². The van der Waals surface area contributed by atoms with Crippen LogP contribution >= 0.6 is 0 Å². The molecular weight excluding hydrogens is 190 g/mol. The molecule has 0 saturated heterocycles. The highest BCUT2D eigenvalue weighted by Crippen LogP contribution is 2.38. The van der Waals surface area contributed by atoms with Crippen LogP contribution in [0.3, 0.4) is 0 Å². The molecule has 6 heteroatoms. The van der Waals surface area contributed by atoms with Crippen molar-refractivity contribution in [3.05, 3.63) is 23.5 Å². The fraction of sp³-hybridized carbons (Fsp3) is 0.143. The smallest absolute Gasteiger partial charge is 0.420 e. The minimum absolute atomic E-state index is 0.522. The number of rotatable bonds is 0. The lowest BCUT2D eigenvalue weighted by atomic mass is 10.1. The van der Waals surface area contributed by atoms with Gasteiger partial charge >= 0.3 is 6.18 Å². The number of phenols is 1. The molecule has 0 amide bonds. The third-order valence-electron chi connectivity index (χ3n) is 1.45. The number of hydrogen-bond acceptors (Lipinski definition) is 2. The van der Waals surface area contributed by atoms with Gasteiger partial charge in [0, 0.05) is 0 Å². The Morgan fingerprint density at radius 3 is 2.23 bits per heavy atom. The minimum Gasteiger partial charge on any atom is -0.504 e. The highest BCUT2D eigenvalue weighted by Gasteiger charge is 2.35. The van der Waals surface area contributed by atoms with Gasteiger partial charge in [-0.3, -0.25) is 0 Å². The van der Waals surface area contributed by atoms with Gasteiger partial charge in [-0.1, -0.05) is 0 Å². The molecule has 1 aromatic carbocycles. The number of aromatic hydroxyl groups is 1. The number of alkyl halides is 3. The molecule has 72 valence electrons. The third-order valence-corrected chi connectivity index (χ3v) is 1.45. The number of nitrogen functional groups attached to an aromatic ring is 1. The largest absolute Gasteiger partial charge is 0.504 e. The first-order chi connectivity index (χ1) is 5.84. The van der Waals surface area contributed by atoms with Crippen LogP contribution in [0.1, 0.15) is 5.56 Å². The average molecular weight is 195 g/mol. The highest BCUT2D eigenvalue weighted by atomic mass is 19.4. The molecule has 0 unspecified atom stereocenters. The predicted molar refractivity (Wildman–Crippen MR) is 37.5 cm³/mol. The Balaban J connectivity index is 3.35. The van der Waals surface area contributed by atoms with Crippen LogP contribution in [-0.4, -0.2) is 5.11 Å². The summed E-state index contributed by atoms with van der Waals surface area (Å²) in [6.45, 7) is 0. The van der Waals surface area contributed by atoms with Gasteiger partial charge in [-0.2, -0.15) is 13.2 Å². The van der Waals surface area contributed by atoms with E-state index in [1.807, 2.05) is 0 Å². The summed E-state index contributed by atoms with van der Waals surface area (Å²) in [7, 11) is 0. The normalized spacial score (nSPS) is 11.7. The monoisotopic (exact) mass is 195 g/mol. The second kappa shape index (κ2) is 2.79. The van der Waals surface area contributed by atoms with E-state index in [2.05, 4.69) is 0 Å². The molecule has 0 heterocycles. The molecule has 0 bridgehead atoms. The standard InChI is InChI=1S/C7H5F4NO/c8-5-4(12)2-1-3(6(5)13)7(9,10)11/h1-2,13H,12H2. The molecule has 0 aromatic heterocycles. The second-order valence-electron chi connectivity index (χ2n) is 2.36. The topological polar surface area (TPSA) is 46.2 Å². The maximum atomic E-state index is 12.6. The Morgan fingerprint density at radius 1 is 1.23 bits per heavy atom. The summed E-state index contributed by atoms with van der Waals surface area (Å²) in [6, 6.07) is 1.27. The fourth-order valence-electron chi connectivity index (χ4n) is 0.809. The van der Waals surface area contributed by atoms with Gasteiger partial charge in [-0.25, -0.2) is 4.39 Å². The van der Waals surface area contributed by atoms with Crippen molar-refractivity contribution in [2.24, 2.45) is 0 Å². The summed E-state index contributed by atoms with van der Waals surface area (Å²) >= 11 is 0. The molecule has 0 radical (unpaired) electrons. The summed E-state index contributed by atoms with van der Waals surface area (Å²) in [6.07, 6.45) is -4.78. The first kappa shape index (κ1) is 9.63. The zero-order valence-electron chi connectivity index (χ0n) is 6.19. The molecule has 0 fully saturated rings. The highest BCUT2D eigenvalue weighted by molar-refractivity contribution is 5.50.